The van der Waals surface area contributed by atoms with Gasteiger partial charge in [0, 0.05) is 25.0 Å². The summed E-state index contributed by atoms with van der Waals surface area (Å²) >= 11 is 0. The van der Waals surface area contributed by atoms with Gasteiger partial charge in [0.15, 0.2) is 0 Å². The van der Waals surface area contributed by atoms with Gasteiger partial charge in [-0.15, -0.1) is 0 Å². The highest BCUT2D eigenvalue weighted by atomic mass is 16.5. The molecule has 1 atom stereocenters. The van der Waals surface area contributed by atoms with Gasteiger partial charge in [0.05, 0.1) is 12.7 Å². The molecular weight excluding hydrogens is 192 g/mol. The third-order valence-corrected chi connectivity index (χ3v) is 2.99. The Morgan fingerprint density at radius 3 is 2.87 bits per heavy atom. The van der Waals surface area contributed by atoms with Crippen molar-refractivity contribution >= 4 is 5.91 Å². The fraction of sp³-hybridized carbons (Fsp3) is 0.909. The summed E-state index contributed by atoms with van der Waals surface area (Å²) in [6, 6.07) is 0. The Labute approximate surface area is 91.8 Å². The summed E-state index contributed by atoms with van der Waals surface area (Å²) in [4.78, 5) is 11.8. The lowest BCUT2D eigenvalue weighted by Crippen LogP contribution is -2.47. The van der Waals surface area contributed by atoms with Crippen LogP contribution in [0.2, 0.25) is 0 Å². The summed E-state index contributed by atoms with van der Waals surface area (Å²) in [6.45, 7) is 9.02. The first-order valence-corrected chi connectivity index (χ1v) is 5.67. The highest BCUT2D eigenvalue weighted by molar-refractivity contribution is 5.81. The van der Waals surface area contributed by atoms with E-state index in [0.29, 0.717) is 6.54 Å². The molecule has 0 aromatic rings. The maximum Gasteiger partial charge on any atom is 0.225 e. The van der Waals surface area contributed by atoms with E-state index >= 15 is 0 Å². The van der Waals surface area contributed by atoms with Gasteiger partial charge in [0.1, 0.15) is 0 Å². The van der Waals surface area contributed by atoms with Crippen molar-refractivity contribution in [3.8, 4) is 0 Å². The van der Waals surface area contributed by atoms with Crippen LogP contribution in [-0.2, 0) is 9.53 Å². The van der Waals surface area contributed by atoms with Gasteiger partial charge >= 0.3 is 0 Å². The van der Waals surface area contributed by atoms with Crippen molar-refractivity contribution in [2.24, 2.45) is 5.41 Å². The summed E-state index contributed by atoms with van der Waals surface area (Å²) in [5, 5.41) is 6.17. The first-order chi connectivity index (χ1) is 7.06. The molecule has 1 aliphatic heterocycles. The SMILES string of the molecule is CCC(C)(C)C(=O)NCC1CNCCO1. The van der Waals surface area contributed by atoms with Gasteiger partial charge in [0.2, 0.25) is 5.91 Å². The van der Waals surface area contributed by atoms with Crippen LogP contribution in [0.5, 0.6) is 0 Å². The lowest BCUT2D eigenvalue weighted by Gasteiger charge is -2.26. The number of ether oxygens (including phenoxy) is 1. The third kappa shape index (κ3) is 3.80. The second-order valence-corrected chi connectivity index (χ2v) is 4.64. The molecule has 0 aromatic carbocycles. The minimum absolute atomic E-state index is 0.110. The molecule has 1 aliphatic rings. The zero-order valence-electron chi connectivity index (χ0n) is 9.93. The summed E-state index contributed by atoms with van der Waals surface area (Å²) in [5.41, 5.74) is -0.276. The van der Waals surface area contributed by atoms with Crippen molar-refractivity contribution < 1.29 is 9.53 Å². The second kappa shape index (κ2) is 5.47. The van der Waals surface area contributed by atoms with Crippen LogP contribution in [0.4, 0.5) is 0 Å². The first-order valence-electron chi connectivity index (χ1n) is 5.67. The van der Waals surface area contributed by atoms with E-state index in [4.69, 9.17) is 4.74 Å². The van der Waals surface area contributed by atoms with E-state index in [-0.39, 0.29) is 17.4 Å². The molecule has 1 saturated heterocycles. The summed E-state index contributed by atoms with van der Waals surface area (Å²) in [6.07, 6.45) is 0.971. The molecule has 0 saturated carbocycles. The van der Waals surface area contributed by atoms with Crippen molar-refractivity contribution in [2.75, 3.05) is 26.2 Å². The number of hydrogen-bond donors (Lipinski definition) is 2. The van der Waals surface area contributed by atoms with E-state index < -0.39 is 0 Å². The molecule has 4 heteroatoms. The molecule has 1 fully saturated rings. The Bertz CT molecular complexity index is 211. The fourth-order valence-corrected chi connectivity index (χ4v) is 1.36. The molecule has 2 N–H and O–H groups in total. The average Bonchev–Trinajstić information content (AvgIpc) is 2.27. The van der Waals surface area contributed by atoms with Crippen LogP contribution < -0.4 is 10.6 Å². The summed E-state index contributed by atoms with van der Waals surface area (Å²) in [5.74, 6) is 0.110. The van der Waals surface area contributed by atoms with Gasteiger partial charge in [0.25, 0.3) is 0 Å². The smallest absolute Gasteiger partial charge is 0.225 e. The number of carbonyl (C=O) groups is 1. The topological polar surface area (TPSA) is 50.4 Å². The summed E-state index contributed by atoms with van der Waals surface area (Å²) in [7, 11) is 0. The predicted molar refractivity (Wildman–Crippen MR) is 59.7 cm³/mol. The van der Waals surface area contributed by atoms with E-state index in [1.54, 1.807) is 0 Å². The predicted octanol–water partition coefficient (Wildman–Crippen LogP) is 0.527. The number of carbonyl (C=O) groups excluding carboxylic acids is 1. The van der Waals surface area contributed by atoms with Crippen LogP contribution >= 0.6 is 0 Å². The standard InChI is InChI=1S/C11H22N2O2/c1-4-11(2,3)10(14)13-8-9-7-12-5-6-15-9/h9,12H,4-8H2,1-3H3,(H,13,14). The van der Waals surface area contributed by atoms with Crippen LogP contribution in [0.3, 0.4) is 0 Å². The van der Waals surface area contributed by atoms with Crippen LogP contribution in [0.15, 0.2) is 0 Å². The quantitative estimate of drug-likeness (QED) is 0.717. The molecular formula is C11H22N2O2. The van der Waals surface area contributed by atoms with E-state index in [0.717, 1.165) is 26.1 Å². The van der Waals surface area contributed by atoms with E-state index in [1.807, 2.05) is 20.8 Å². The monoisotopic (exact) mass is 214 g/mol. The molecule has 0 aromatic heterocycles. The second-order valence-electron chi connectivity index (χ2n) is 4.64. The van der Waals surface area contributed by atoms with Gasteiger partial charge in [-0.3, -0.25) is 4.79 Å². The number of amides is 1. The molecule has 15 heavy (non-hydrogen) atoms. The van der Waals surface area contributed by atoms with E-state index in [1.165, 1.54) is 0 Å². The highest BCUT2D eigenvalue weighted by Crippen LogP contribution is 2.19. The maximum atomic E-state index is 11.8. The van der Waals surface area contributed by atoms with Crippen molar-refractivity contribution in [1.82, 2.24) is 10.6 Å². The van der Waals surface area contributed by atoms with Gasteiger partial charge < -0.3 is 15.4 Å². The first kappa shape index (κ1) is 12.5. The molecule has 0 radical (unpaired) electrons. The summed E-state index contributed by atoms with van der Waals surface area (Å²) < 4.78 is 5.50. The Balaban J connectivity index is 2.26. The van der Waals surface area contributed by atoms with Gasteiger partial charge in [-0.2, -0.15) is 0 Å². The van der Waals surface area contributed by atoms with Crippen LogP contribution in [0.1, 0.15) is 27.2 Å². The maximum absolute atomic E-state index is 11.8. The molecule has 0 spiro atoms. The Morgan fingerprint density at radius 1 is 1.60 bits per heavy atom. The van der Waals surface area contributed by atoms with Gasteiger partial charge in [-0.1, -0.05) is 20.8 Å². The molecule has 88 valence electrons. The molecule has 1 unspecified atom stereocenters. The molecule has 1 rings (SSSR count). The van der Waals surface area contributed by atoms with Crippen molar-refractivity contribution in [1.29, 1.82) is 0 Å². The van der Waals surface area contributed by atoms with Crippen molar-refractivity contribution in [2.45, 2.75) is 33.3 Å². The zero-order valence-corrected chi connectivity index (χ0v) is 9.93. The highest BCUT2D eigenvalue weighted by Gasteiger charge is 2.25. The number of morpholine rings is 1. The molecule has 4 nitrogen and oxygen atoms in total. The average molecular weight is 214 g/mol. The van der Waals surface area contributed by atoms with E-state index in [2.05, 4.69) is 10.6 Å². The lowest BCUT2D eigenvalue weighted by atomic mass is 9.89. The van der Waals surface area contributed by atoms with Crippen LogP contribution in [0.25, 0.3) is 0 Å². The lowest BCUT2D eigenvalue weighted by molar-refractivity contribution is -0.130. The fourth-order valence-electron chi connectivity index (χ4n) is 1.36. The minimum Gasteiger partial charge on any atom is -0.374 e. The van der Waals surface area contributed by atoms with Gasteiger partial charge in [-0.05, 0) is 6.42 Å². The van der Waals surface area contributed by atoms with E-state index in [9.17, 15) is 4.79 Å². The number of rotatable bonds is 4. The Kier molecular flexibility index (Phi) is 4.54. The number of hydrogen-bond acceptors (Lipinski definition) is 3. The minimum atomic E-state index is -0.276. The van der Waals surface area contributed by atoms with Crippen molar-refractivity contribution in [3.05, 3.63) is 0 Å². The Hall–Kier alpha value is -0.610. The van der Waals surface area contributed by atoms with Crippen molar-refractivity contribution in [3.63, 3.8) is 0 Å². The molecule has 0 bridgehead atoms. The van der Waals surface area contributed by atoms with Crippen LogP contribution in [0, 0.1) is 5.41 Å². The Morgan fingerprint density at radius 2 is 2.33 bits per heavy atom. The normalized spacial score (nSPS) is 22.5. The molecule has 1 heterocycles. The van der Waals surface area contributed by atoms with Gasteiger partial charge in [-0.25, -0.2) is 0 Å². The molecule has 0 aliphatic carbocycles. The third-order valence-electron chi connectivity index (χ3n) is 2.99. The number of nitrogens with one attached hydrogen (secondary N) is 2. The van der Waals surface area contributed by atoms with Crippen LogP contribution in [-0.4, -0.2) is 38.3 Å². The zero-order chi connectivity index (χ0) is 11.3. The largest absolute Gasteiger partial charge is 0.374 e. The molecule has 1 amide bonds.